The van der Waals surface area contributed by atoms with Crippen LogP contribution >= 0.6 is 11.6 Å². The average molecular weight is 174 g/mol. The van der Waals surface area contributed by atoms with Crippen molar-refractivity contribution in [3.63, 3.8) is 0 Å². The highest BCUT2D eigenvalue weighted by molar-refractivity contribution is 7.95. The average Bonchev–Trinajstić information content (AvgIpc) is 1.88. The minimum absolute atomic E-state index is 0.354. The summed E-state index contributed by atoms with van der Waals surface area (Å²) in [5.74, 6) is 0. The largest absolute Gasteiger partial charge is 0.154 e. The molecule has 0 saturated carbocycles. The summed E-state index contributed by atoms with van der Waals surface area (Å²) in [4.78, 5) is 1.37. The van der Waals surface area contributed by atoms with E-state index in [1.807, 2.05) is 12.1 Å². The van der Waals surface area contributed by atoms with Gasteiger partial charge in [-0.3, -0.25) is 0 Å². The summed E-state index contributed by atoms with van der Waals surface area (Å²) in [6.07, 6.45) is 4.40. The van der Waals surface area contributed by atoms with Gasteiger partial charge in [-0.1, -0.05) is 11.6 Å². The predicted octanol–water partition coefficient (Wildman–Crippen LogP) is 2.58. The van der Waals surface area contributed by atoms with Crippen molar-refractivity contribution in [3.05, 3.63) is 29.3 Å². The highest BCUT2D eigenvalue weighted by Gasteiger charge is 2.05. The molecule has 1 aromatic carbocycles. The maximum absolute atomic E-state index is 5.72. The Morgan fingerprint density at radius 2 is 1.60 bits per heavy atom. The number of hydrogen-bond donors (Lipinski definition) is 0. The Labute approximate surface area is 69.6 Å². The van der Waals surface area contributed by atoms with Crippen LogP contribution in [0.1, 0.15) is 0 Å². The standard InChI is InChI=1S/C8H10ClS/c1-10(2)8-5-3-7(9)4-6-8/h3-6H,1-2H3/q+1. The second-order valence-corrected chi connectivity index (χ2v) is 4.81. The van der Waals surface area contributed by atoms with E-state index in [1.54, 1.807) is 0 Å². The second kappa shape index (κ2) is 3.31. The van der Waals surface area contributed by atoms with Crippen LogP contribution in [0.5, 0.6) is 0 Å². The van der Waals surface area contributed by atoms with Crippen molar-refractivity contribution in [1.29, 1.82) is 0 Å². The maximum atomic E-state index is 5.72. The zero-order valence-electron chi connectivity index (χ0n) is 6.10. The lowest BCUT2D eigenvalue weighted by atomic mass is 10.4. The van der Waals surface area contributed by atoms with Crippen LogP contribution in [0.2, 0.25) is 5.02 Å². The van der Waals surface area contributed by atoms with Crippen LogP contribution < -0.4 is 0 Å². The molecule has 0 aliphatic rings. The molecule has 0 heterocycles. The predicted molar refractivity (Wildman–Crippen MR) is 48.9 cm³/mol. The summed E-state index contributed by atoms with van der Waals surface area (Å²) in [6.45, 7) is 0. The van der Waals surface area contributed by atoms with Gasteiger partial charge in [0.15, 0.2) is 4.90 Å². The number of benzene rings is 1. The molecule has 10 heavy (non-hydrogen) atoms. The zero-order chi connectivity index (χ0) is 7.56. The molecule has 1 rings (SSSR count). The molecule has 0 atom stereocenters. The lowest BCUT2D eigenvalue weighted by Gasteiger charge is -1.94. The van der Waals surface area contributed by atoms with Crippen molar-refractivity contribution in [3.8, 4) is 0 Å². The highest BCUT2D eigenvalue weighted by atomic mass is 35.5. The number of hydrogen-bond acceptors (Lipinski definition) is 0. The van der Waals surface area contributed by atoms with E-state index in [4.69, 9.17) is 11.6 Å². The first-order chi connectivity index (χ1) is 4.70. The topological polar surface area (TPSA) is 0 Å². The van der Waals surface area contributed by atoms with E-state index in [2.05, 4.69) is 24.6 Å². The quantitative estimate of drug-likeness (QED) is 0.573. The highest BCUT2D eigenvalue weighted by Crippen LogP contribution is 2.13. The van der Waals surface area contributed by atoms with E-state index in [1.165, 1.54) is 4.90 Å². The van der Waals surface area contributed by atoms with Crippen LogP contribution in [0.3, 0.4) is 0 Å². The third-order valence-electron chi connectivity index (χ3n) is 1.29. The van der Waals surface area contributed by atoms with Gasteiger partial charge >= 0.3 is 0 Å². The van der Waals surface area contributed by atoms with E-state index in [0.29, 0.717) is 10.9 Å². The second-order valence-electron chi connectivity index (χ2n) is 2.27. The van der Waals surface area contributed by atoms with Gasteiger partial charge in [-0.25, -0.2) is 0 Å². The molecule has 54 valence electrons. The Balaban J connectivity index is 2.89. The van der Waals surface area contributed by atoms with Gasteiger partial charge in [0.1, 0.15) is 12.5 Å². The van der Waals surface area contributed by atoms with Gasteiger partial charge in [-0.15, -0.1) is 0 Å². The minimum atomic E-state index is 0.354. The van der Waals surface area contributed by atoms with E-state index < -0.39 is 0 Å². The van der Waals surface area contributed by atoms with Crippen molar-refractivity contribution < 1.29 is 0 Å². The lowest BCUT2D eigenvalue weighted by Crippen LogP contribution is -1.93. The van der Waals surface area contributed by atoms with Gasteiger partial charge < -0.3 is 0 Å². The number of halogens is 1. The van der Waals surface area contributed by atoms with Crippen LogP contribution in [0, 0.1) is 0 Å². The molecule has 0 aromatic heterocycles. The summed E-state index contributed by atoms with van der Waals surface area (Å²) in [5, 5.41) is 0.814. The zero-order valence-corrected chi connectivity index (χ0v) is 7.67. The lowest BCUT2D eigenvalue weighted by molar-refractivity contribution is 1.45. The van der Waals surface area contributed by atoms with Crippen LogP contribution in [0.4, 0.5) is 0 Å². The van der Waals surface area contributed by atoms with Crippen molar-refractivity contribution >= 4 is 22.5 Å². The van der Waals surface area contributed by atoms with Crippen LogP contribution in [-0.4, -0.2) is 12.5 Å². The molecule has 0 unspecified atom stereocenters. The summed E-state index contributed by atoms with van der Waals surface area (Å²) < 4.78 is 0. The van der Waals surface area contributed by atoms with E-state index in [9.17, 15) is 0 Å². The molecule has 0 radical (unpaired) electrons. The van der Waals surface area contributed by atoms with Gasteiger partial charge in [0.05, 0.1) is 0 Å². The normalized spacial score (nSPS) is 10.4. The SMILES string of the molecule is C[S+](C)c1ccc(Cl)cc1. The molecule has 0 aliphatic carbocycles. The summed E-state index contributed by atoms with van der Waals surface area (Å²) in [7, 11) is 0.354. The van der Waals surface area contributed by atoms with Gasteiger partial charge in [0.25, 0.3) is 0 Å². The third-order valence-corrected chi connectivity index (χ3v) is 2.75. The van der Waals surface area contributed by atoms with Gasteiger partial charge in [-0.2, -0.15) is 0 Å². The Hall–Kier alpha value is -0.140. The molecule has 0 nitrogen and oxygen atoms in total. The molecule has 0 saturated heterocycles. The fourth-order valence-electron chi connectivity index (χ4n) is 0.707. The molecule has 0 amide bonds. The Morgan fingerprint density at radius 1 is 1.10 bits per heavy atom. The summed E-state index contributed by atoms with van der Waals surface area (Å²) in [6, 6.07) is 8.02. The first-order valence-corrected chi connectivity index (χ1v) is 5.45. The molecule has 0 spiro atoms. The van der Waals surface area contributed by atoms with Gasteiger partial charge in [0, 0.05) is 15.9 Å². The van der Waals surface area contributed by atoms with Crippen molar-refractivity contribution in [2.24, 2.45) is 0 Å². The fourth-order valence-corrected chi connectivity index (χ4v) is 1.51. The molecule has 1 aromatic rings. The first-order valence-electron chi connectivity index (χ1n) is 3.03. The Morgan fingerprint density at radius 3 is 2.00 bits per heavy atom. The molecule has 0 aliphatic heterocycles. The van der Waals surface area contributed by atoms with Crippen LogP contribution in [0.15, 0.2) is 29.2 Å². The van der Waals surface area contributed by atoms with Gasteiger partial charge in [0.2, 0.25) is 0 Å². The molecule has 2 heteroatoms. The number of rotatable bonds is 1. The van der Waals surface area contributed by atoms with Crippen molar-refractivity contribution in [1.82, 2.24) is 0 Å². The van der Waals surface area contributed by atoms with E-state index in [-0.39, 0.29) is 0 Å². The van der Waals surface area contributed by atoms with Crippen LogP contribution in [-0.2, 0) is 10.9 Å². The molecular formula is C8H10ClS+. The summed E-state index contributed by atoms with van der Waals surface area (Å²) >= 11 is 5.72. The molecule has 0 N–H and O–H groups in total. The van der Waals surface area contributed by atoms with E-state index >= 15 is 0 Å². The van der Waals surface area contributed by atoms with Crippen LogP contribution in [0.25, 0.3) is 0 Å². The first kappa shape index (κ1) is 7.96. The Kier molecular flexibility index (Phi) is 2.64. The van der Waals surface area contributed by atoms with E-state index in [0.717, 1.165) is 5.02 Å². The fraction of sp³-hybridized carbons (Fsp3) is 0.250. The molecule has 0 fully saturated rings. The Bertz CT molecular complexity index is 203. The van der Waals surface area contributed by atoms with Crippen molar-refractivity contribution in [2.75, 3.05) is 12.5 Å². The minimum Gasteiger partial charge on any atom is -0.0843 e. The van der Waals surface area contributed by atoms with Gasteiger partial charge in [-0.05, 0) is 24.3 Å². The molecular weight excluding hydrogens is 164 g/mol. The maximum Gasteiger partial charge on any atom is 0.154 e. The monoisotopic (exact) mass is 173 g/mol. The third kappa shape index (κ3) is 1.93. The smallest absolute Gasteiger partial charge is 0.0843 e. The molecule has 0 bridgehead atoms. The summed E-state index contributed by atoms with van der Waals surface area (Å²) in [5.41, 5.74) is 0. The van der Waals surface area contributed by atoms with Crippen molar-refractivity contribution in [2.45, 2.75) is 4.90 Å².